The van der Waals surface area contributed by atoms with Crippen LogP contribution in [0.2, 0.25) is 0 Å². The maximum Gasteiger partial charge on any atom is 0.381 e. The van der Waals surface area contributed by atoms with Crippen LogP contribution >= 0.6 is 15.9 Å². The third-order valence-corrected chi connectivity index (χ3v) is 2.33. The second kappa shape index (κ2) is 6.56. The maximum atomic E-state index is 10.5. The van der Waals surface area contributed by atoms with E-state index in [0.29, 0.717) is 18.9 Å². The number of hydrogen-bond donors (Lipinski definition) is 2. The lowest BCUT2D eigenvalue weighted by molar-refractivity contribution is -0.389. The number of nitro groups is 1. The Bertz CT molecular complexity index is 355. The molecule has 0 saturated heterocycles. The number of halogens is 1. The normalized spacial score (nSPS) is 10.6. The molecule has 1 aromatic rings. The van der Waals surface area contributed by atoms with Gasteiger partial charge in [0.05, 0.1) is 13.2 Å². The van der Waals surface area contributed by atoms with Crippen molar-refractivity contribution in [3.8, 4) is 0 Å². The number of aliphatic hydroxyl groups excluding tert-OH is 1. The average Bonchev–Trinajstić information content (AvgIpc) is 2.63. The summed E-state index contributed by atoms with van der Waals surface area (Å²) < 4.78 is 1.58. The number of nitrogens with zero attached hydrogens (tertiary/aromatic N) is 3. The fraction of sp³-hybridized carbons (Fsp3) is 0.625. The molecule has 2 N–H and O–H groups in total. The first-order chi connectivity index (χ1) is 7.69. The Morgan fingerprint density at radius 3 is 3.00 bits per heavy atom. The van der Waals surface area contributed by atoms with Crippen molar-refractivity contribution in [1.82, 2.24) is 14.9 Å². The first-order valence-electron chi connectivity index (χ1n) is 4.77. The van der Waals surface area contributed by atoms with Gasteiger partial charge in [-0.05, 0) is 9.91 Å². The number of aliphatic hydroxyl groups is 1. The van der Waals surface area contributed by atoms with Crippen molar-refractivity contribution in [3.63, 3.8) is 0 Å². The predicted molar refractivity (Wildman–Crippen MR) is 61.5 cm³/mol. The summed E-state index contributed by atoms with van der Waals surface area (Å²) in [5.41, 5.74) is 0. The van der Waals surface area contributed by atoms with Gasteiger partial charge in [-0.3, -0.25) is 0 Å². The highest BCUT2D eigenvalue weighted by Gasteiger charge is 2.17. The Balaban J connectivity index is 2.74. The monoisotopic (exact) mass is 292 g/mol. The van der Waals surface area contributed by atoms with Crippen LogP contribution < -0.4 is 5.32 Å². The van der Waals surface area contributed by atoms with Crippen LogP contribution in [0.3, 0.4) is 0 Å². The maximum absolute atomic E-state index is 10.5. The molecule has 90 valence electrons. The Labute approximate surface area is 101 Å². The average molecular weight is 293 g/mol. The zero-order valence-corrected chi connectivity index (χ0v) is 10.2. The van der Waals surface area contributed by atoms with Crippen molar-refractivity contribution in [2.45, 2.75) is 13.1 Å². The topological polar surface area (TPSA) is 93.2 Å². The van der Waals surface area contributed by atoms with Gasteiger partial charge in [0.1, 0.15) is 6.20 Å². The number of hydrogen-bond acceptors (Lipinski definition) is 5. The summed E-state index contributed by atoms with van der Waals surface area (Å²) in [7, 11) is 0. The molecule has 0 atom stereocenters. The van der Waals surface area contributed by atoms with Crippen molar-refractivity contribution in [2.75, 3.05) is 18.5 Å². The first-order valence-corrected chi connectivity index (χ1v) is 5.89. The molecule has 0 unspecified atom stereocenters. The Kier molecular flexibility index (Phi) is 5.36. The van der Waals surface area contributed by atoms with E-state index >= 15 is 0 Å². The molecule has 0 bridgehead atoms. The molecule has 1 heterocycles. The zero-order chi connectivity index (χ0) is 12.0. The van der Waals surface area contributed by atoms with Gasteiger partial charge in [0.15, 0.2) is 0 Å². The molecule has 0 aliphatic heterocycles. The molecule has 16 heavy (non-hydrogen) atoms. The number of nitrogens with one attached hydrogen (secondary N) is 1. The molecule has 0 spiro atoms. The van der Waals surface area contributed by atoms with Crippen molar-refractivity contribution in [3.05, 3.63) is 22.1 Å². The smallest absolute Gasteiger partial charge is 0.381 e. The van der Waals surface area contributed by atoms with E-state index in [2.05, 4.69) is 26.2 Å². The highest BCUT2D eigenvalue weighted by atomic mass is 79.9. The molecule has 0 aliphatic rings. The minimum absolute atomic E-state index is 0.0705. The van der Waals surface area contributed by atoms with E-state index in [9.17, 15) is 10.1 Å². The molecule has 0 aliphatic carbocycles. The number of aromatic nitrogens is 2. The zero-order valence-electron chi connectivity index (χ0n) is 8.60. The van der Waals surface area contributed by atoms with Crippen LogP contribution in [0.25, 0.3) is 0 Å². The molecule has 1 aromatic heterocycles. The van der Waals surface area contributed by atoms with Crippen LogP contribution in [0.5, 0.6) is 0 Å². The second-order valence-electron chi connectivity index (χ2n) is 3.06. The summed E-state index contributed by atoms with van der Waals surface area (Å²) in [6.45, 7) is 1.43. The van der Waals surface area contributed by atoms with E-state index < -0.39 is 4.92 Å². The molecule has 0 aromatic carbocycles. The van der Waals surface area contributed by atoms with E-state index in [1.807, 2.05) is 0 Å². The van der Waals surface area contributed by atoms with Crippen LogP contribution in [0.15, 0.2) is 6.20 Å². The van der Waals surface area contributed by atoms with Crippen LogP contribution in [-0.2, 0) is 13.1 Å². The van der Waals surface area contributed by atoms with E-state index in [1.165, 1.54) is 6.20 Å². The highest BCUT2D eigenvalue weighted by Crippen LogP contribution is 2.10. The first kappa shape index (κ1) is 13.1. The lowest BCUT2D eigenvalue weighted by Gasteiger charge is -2.02. The fourth-order valence-electron chi connectivity index (χ4n) is 1.24. The largest absolute Gasteiger partial charge is 0.395 e. The number of imidazole rings is 1. The van der Waals surface area contributed by atoms with Gasteiger partial charge in [-0.2, -0.15) is 0 Å². The predicted octanol–water partition coefficient (Wildman–Crippen LogP) is 0.268. The van der Waals surface area contributed by atoms with E-state index in [-0.39, 0.29) is 12.4 Å². The minimum Gasteiger partial charge on any atom is -0.395 e. The van der Waals surface area contributed by atoms with Gasteiger partial charge >= 0.3 is 5.82 Å². The molecule has 0 radical (unpaired) electrons. The van der Waals surface area contributed by atoms with Crippen LogP contribution in [0.1, 0.15) is 5.82 Å². The third-order valence-electron chi connectivity index (χ3n) is 1.93. The summed E-state index contributed by atoms with van der Waals surface area (Å²) in [5.74, 6) is 0.366. The Morgan fingerprint density at radius 2 is 2.44 bits per heavy atom. The molecule has 0 saturated carbocycles. The van der Waals surface area contributed by atoms with E-state index in [0.717, 1.165) is 11.9 Å². The van der Waals surface area contributed by atoms with Crippen molar-refractivity contribution >= 4 is 21.7 Å². The molecular formula is C8H13BrN4O3. The van der Waals surface area contributed by atoms with Crippen molar-refractivity contribution in [1.29, 1.82) is 0 Å². The van der Waals surface area contributed by atoms with Crippen LogP contribution in [0, 0.1) is 10.1 Å². The summed E-state index contributed by atoms with van der Waals surface area (Å²) in [6, 6.07) is 0. The standard InChI is InChI=1S/C8H13BrN4O3/c9-1-2-10-5-7-11-8(13(15)16)6-12(7)3-4-14/h6,10,14H,1-5H2. The number of rotatable bonds is 7. The van der Waals surface area contributed by atoms with Crippen LogP contribution in [0.4, 0.5) is 5.82 Å². The minimum atomic E-state index is -0.540. The molecule has 8 heteroatoms. The van der Waals surface area contributed by atoms with Gasteiger partial charge in [0, 0.05) is 18.4 Å². The Morgan fingerprint density at radius 1 is 1.69 bits per heavy atom. The van der Waals surface area contributed by atoms with Crippen LogP contribution in [-0.4, -0.2) is 38.1 Å². The lowest BCUT2D eigenvalue weighted by atomic mass is 10.5. The molecule has 1 rings (SSSR count). The number of alkyl halides is 1. The van der Waals surface area contributed by atoms with Crippen molar-refractivity contribution < 1.29 is 10.0 Å². The third kappa shape index (κ3) is 3.54. The summed E-state index contributed by atoms with van der Waals surface area (Å²) in [5, 5.41) is 23.2. The van der Waals surface area contributed by atoms with E-state index in [4.69, 9.17) is 5.11 Å². The molecular weight excluding hydrogens is 280 g/mol. The quantitative estimate of drug-likeness (QED) is 0.326. The molecule has 0 amide bonds. The van der Waals surface area contributed by atoms with Gasteiger partial charge in [0.25, 0.3) is 0 Å². The lowest BCUT2D eigenvalue weighted by Crippen LogP contribution is -2.19. The fourth-order valence-corrected chi connectivity index (χ4v) is 1.52. The molecule has 7 nitrogen and oxygen atoms in total. The second-order valence-corrected chi connectivity index (χ2v) is 3.85. The SMILES string of the molecule is O=[N+]([O-])c1cn(CCO)c(CNCCBr)n1. The molecule has 0 fully saturated rings. The summed E-state index contributed by atoms with van der Waals surface area (Å²) >= 11 is 3.26. The Hall–Kier alpha value is -0.990. The highest BCUT2D eigenvalue weighted by molar-refractivity contribution is 9.09. The summed E-state index contributed by atoms with van der Waals surface area (Å²) in [6.07, 6.45) is 1.33. The van der Waals surface area contributed by atoms with Gasteiger partial charge in [-0.1, -0.05) is 15.9 Å². The van der Waals surface area contributed by atoms with Gasteiger partial charge in [0.2, 0.25) is 5.82 Å². The van der Waals surface area contributed by atoms with E-state index in [1.54, 1.807) is 4.57 Å². The van der Waals surface area contributed by atoms with Gasteiger partial charge in [-0.15, -0.1) is 0 Å². The van der Waals surface area contributed by atoms with Gasteiger partial charge in [-0.25, -0.2) is 0 Å². The van der Waals surface area contributed by atoms with Crippen molar-refractivity contribution in [2.24, 2.45) is 0 Å². The summed E-state index contributed by atoms with van der Waals surface area (Å²) in [4.78, 5) is 13.9. The van der Waals surface area contributed by atoms with Gasteiger partial charge < -0.3 is 25.1 Å².